The van der Waals surface area contributed by atoms with Gasteiger partial charge in [0, 0.05) is 73.5 Å². The molecule has 39 heteroatoms. The second-order valence-corrected chi connectivity index (χ2v) is 40.4. The molecule has 36 nitrogen and oxygen atoms in total. The zero-order valence-electron chi connectivity index (χ0n) is 75.8. The quantitative estimate of drug-likeness (QED) is 0.0215. The number of ketones is 3. The van der Waals surface area contributed by atoms with Gasteiger partial charge in [0.15, 0.2) is 41.2 Å². The Bertz CT molecular complexity index is 5530. The molecule has 11 aliphatic rings. The summed E-state index contributed by atoms with van der Waals surface area (Å²) in [4.78, 5) is 141. The number of anilines is 1. The molecule has 2 saturated heterocycles. The maximum atomic E-state index is 17.0. The molecule has 730 valence electrons. The number of carbonyl (C=O) groups excluding carboxylic acids is 9. The minimum absolute atomic E-state index is 0.0692. The van der Waals surface area contributed by atoms with Gasteiger partial charge in [-0.25, -0.2) is 17.9 Å². The van der Waals surface area contributed by atoms with Gasteiger partial charge in [-0.3, -0.25) is 43.7 Å². The van der Waals surface area contributed by atoms with Crippen LogP contribution >= 0.6 is 23.2 Å². The topological polar surface area (TPSA) is 557 Å². The molecular formula is C96H119Cl2N9O27S. The number of methoxy groups -OCH3 is 1. The molecule has 0 spiro atoms. The molecule has 6 aromatic carbocycles. The Morgan fingerprint density at radius 3 is 1.94 bits per heavy atom. The Balaban J connectivity index is 0.962. The van der Waals surface area contributed by atoms with Crippen molar-refractivity contribution in [3.63, 3.8) is 0 Å². The van der Waals surface area contributed by atoms with Crippen LogP contribution in [-0.4, -0.2) is 207 Å². The summed E-state index contributed by atoms with van der Waals surface area (Å²) in [5.74, 6) is -16.5. The van der Waals surface area contributed by atoms with E-state index in [1.54, 1.807) is 6.92 Å². The minimum atomic E-state index is -3.42. The van der Waals surface area contributed by atoms with Crippen molar-refractivity contribution in [1.29, 1.82) is 0 Å². The lowest BCUT2D eigenvalue weighted by Crippen LogP contribution is -2.64. The first-order chi connectivity index (χ1) is 64.1. The average molecular weight is 1930 g/mol. The summed E-state index contributed by atoms with van der Waals surface area (Å²) in [6.45, 7) is 7.78. The molecule has 4 aliphatic carbocycles. The zero-order valence-corrected chi connectivity index (χ0v) is 78.1. The SMILES string of the molecule is CC[C@H](CC(C)C)C(=O)N[C@H]1C(=O)C[C@@H](CC(=O)NC(=O)Nc2ccc(OC)cc2)C(=O)N[C@H]2C(=O)C[C@H]3C(=O)N[C@H](C(=O)N[C@H](C(=O)CC4C5CC6CC(C5)CC4C6)c4cc(O)c(CNCCCCCCNS(C)(=O)=O)c(O)c4-c4cc3ccc4O)[C@H](O)c3ccc(c(Cl)c3)Oc3cc2cc(c3O[C@@H]2O[C@H](CO)[C@@H](O)[C@H](O)[C@H]2O[C@H]2C[C@](C)(N)[C@H](O)[C@H](C)O2)Oc2ccc(cc2Cl)[C@H]1O. The van der Waals surface area contributed by atoms with Crippen molar-refractivity contribution in [2.75, 3.05) is 38.4 Å². The van der Waals surface area contributed by atoms with E-state index in [2.05, 4.69) is 41.9 Å². The van der Waals surface area contributed by atoms with Gasteiger partial charge in [-0.05, 0) is 220 Å². The lowest BCUT2D eigenvalue weighted by Gasteiger charge is -2.54. The number of ether oxygens (including phenoxy) is 7. The zero-order chi connectivity index (χ0) is 97.1. The van der Waals surface area contributed by atoms with Gasteiger partial charge in [0.2, 0.25) is 51.6 Å². The van der Waals surface area contributed by atoms with E-state index in [-0.39, 0.29) is 117 Å². The standard InChI is InChI=1S/C96H119Cl2N9O27S/c1-8-48(25-44(2)3)90(121)106-80-67(111)34-55(37-75(114)103-95(125)102-56-16-18-57(128-6)19-17-56)91(122)104-78-54-35-72(130-70-21-14-50(82(80)115)32-63(70)97)87(134-94-88(86(119)85(118)74(43-108)132-94)133-76-41-96(5,99)89(120)45(4)129-76)73(36-54)131-71-22-15-51(33-64(71)98)83(116)81-93(124)105-79(69(113)38-58-52-27-46-26-47(29-52)30-53(58)28-46)61-40-66(110)62(42-100-23-11-9-10-12-24-101-135(7,126)127)84(117)77(61)60-31-49(13-20-65(60)109)59(39-68(78)112)92(123)107-81/h13-22,31-33,35-36,40,44-48,52-53,55,58-59,74,76,78-83,85-86,88-89,94,100-101,108-110,115-120H,8-12,23-30,34,37-39,41-43,99H2,1-7H3,(H,104,122)(H,105,124)(H,106,121)(H,107,123)(H2,102,103,114,125)/t45-,46?,47?,48+,52?,53?,55-,58?,59+,74+,76-,78+,79-,80-,81-,82+,83+,85+,86-,88+,89+,94-,96-/m0/s1. The second kappa shape index (κ2) is 42.8. The molecular weight excluding hydrogens is 1810 g/mol. The van der Waals surface area contributed by atoms with Crippen molar-refractivity contribution in [3.05, 3.63) is 140 Å². The number of Topliss-reactive ketones (excluding diaryl/α,β-unsaturated/α-hetero) is 3. The Morgan fingerprint density at radius 2 is 1.33 bits per heavy atom. The lowest BCUT2D eigenvalue weighted by atomic mass is 9.51. The van der Waals surface area contributed by atoms with Crippen LogP contribution in [0.4, 0.5) is 10.5 Å². The van der Waals surface area contributed by atoms with Gasteiger partial charge in [0.1, 0.15) is 89.2 Å². The summed E-state index contributed by atoms with van der Waals surface area (Å²) in [6.07, 6.45) is -12.8. The van der Waals surface area contributed by atoms with Crippen LogP contribution in [0.2, 0.25) is 10.0 Å². The number of rotatable bonds is 27. The number of phenolic OH excluding ortho intramolecular Hbond substituents is 3. The summed E-state index contributed by atoms with van der Waals surface area (Å²) in [7, 11) is -2.01. The van der Waals surface area contributed by atoms with E-state index in [9.17, 15) is 68.8 Å². The monoisotopic (exact) mass is 1930 g/mol. The van der Waals surface area contributed by atoms with E-state index >= 15 is 28.8 Å². The van der Waals surface area contributed by atoms with E-state index in [1.165, 1.54) is 93.8 Å². The van der Waals surface area contributed by atoms with Crippen LogP contribution in [0.15, 0.2) is 97.1 Å². The highest BCUT2D eigenvalue weighted by Crippen LogP contribution is 2.59. The number of aromatic hydroxyl groups is 3. The molecule has 18 atom stereocenters. The molecule has 19 N–H and O–H groups in total. The number of aliphatic hydroxyl groups is 6. The number of amides is 7. The van der Waals surface area contributed by atoms with Crippen LogP contribution in [-0.2, 0) is 69.1 Å². The number of carbonyl (C=O) groups is 9. The molecule has 6 aromatic rings. The van der Waals surface area contributed by atoms with E-state index in [4.69, 9.17) is 62.1 Å². The smallest absolute Gasteiger partial charge is 0.325 e. The first-order valence-electron chi connectivity index (χ1n) is 45.8. The molecule has 7 heterocycles. The number of hydrogen-bond donors (Lipinski definition) is 18. The van der Waals surface area contributed by atoms with Crippen LogP contribution in [0.25, 0.3) is 11.1 Å². The molecule has 7 aliphatic heterocycles. The number of imide groups is 1. The van der Waals surface area contributed by atoms with Gasteiger partial charge in [0.05, 0.1) is 59.6 Å². The van der Waals surface area contributed by atoms with Crippen molar-refractivity contribution in [2.45, 2.75) is 241 Å². The summed E-state index contributed by atoms with van der Waals surface area (Å²) in [6, 6.07) is 10.7. The number of benzene rings is 6. The Labute approximate surface area is 790 Å². The molecule has 15 bridgehead atoms. The molecule has 6 fully saturated rings. The molecule has 135 heavy (non-hydrogen) atoms. The highest BCUT2D eigenvalue weighted by molar-refractivity contribution is 7.88. The van der Waals surface area contributed by atoms with Gasteiger partial charge in [-0.15, -0.1) is 0 Å². The van der Waals surface area contributed by atoms with E-state index in [0.29, 0.717) is 56.2 Å². The fourth-order valence-electron chi connectivity index (χ4n) is 20.5. The van der Waals surface area contributed by atoms with E-state index in [1.807, 2.05) is 13.8 Å². The fraction of sp³-hybridized carbons (Fsp3) is 0.531. The largest absolute Gasteiger partial charge is 0.507 e. The molecule has 0 radical (unpaired) electrons. The first kappa shape index (κ1) is 101. The number of unbranched alkanes of at least 4 members (excludes halogenated alkanes) is 3. The van der Waals surface area contributed by atoms with Crippen molar-refractivity contribution in [1.82, 2.24) is 36.6 Å². The second-order valence-electron chi connectivity index (χ2n) is 37.8. The highest BCUT2D eigenvalue weighted by Gasteiger charge is 2.54. The van der Waals surface area contributed by atoms with Crippen LogP contribution in [0.5, 0.6) is 51.7 Å². The van der Waals surface area contributed by atoms with Gasteiger partial charge >= 0.3 is 6.03 Å². The van der Waals surface area contributed by atoms with Crippen LogP contribution in [0.1, 0.15) is 201 Å². The third-order valence-corrected chi connectivity index (χ3v) is 28.7. The maximum Gasteiger partial charge on any atom is 0.325 e. The third-order valence-electron chi connectivity index (χ3n) is 27.4. The van der Waals surface area contributed by atoms with Gasteiger partial charge in [0.25, 0.3) is 0 Å². The number of nitrogens with two attached hydrogens (primary N) is 1. The number of urea groups is 1. The third kappa shape index (κ3) is 23.3. The summed E-state index contributed by atoms with van der Waals surface area (Å²) in [5, 5.41) is 128. The van der Waals surface area contributed by atoms with Gasteiger partial charge in [-0.1, -0.05) is 75.0 Å². The first-order valence-corrected chi connectivity index (χ1v) is 48.5. The minimum Gasteiger partial charge on any atom is -0.507 e. The van der Waals surface area contributed by atoms with E-state index in [0.717, 1.165) is 62.6 Å². The Kier molecular flexibility index (Phi) is 32.0. The summed E-state index contributed by atoms with van der Waals surface area (Å²) < 4.78 is 70.6. The van der Waals surface area contributed by atoms with Crippen LogP contribution in [0, 0.1) is 47.3 Å². The normalized spacial score (nSPS) is 29.2. The Hall–Kier alpha value is -10.2. The number of aliphatic hydroxyl groups excluding tert-OH is 6. The Morgan fingerprint density at radius 1 is 0.696 bits per heavy atom. The fourth-order valence-corrected chi connectivity index (χ4v) is 21.4. The van der Waals surface area contributed by atoms with Crippen LogP contribution in [0.3, 0.4) is 0 Å². The van der Waals surface area contributed by atoms with Crippen molar-refractivity contribution >= 4 is 91.8 Å². The molecule has 17 rings (SSSR count). The summed E-state index contributed by atoms with van der Waals surface area (Å²) >= 11 is 14.7. The lowest BCUT2D eigenvalue weighted by molar-refractivity contribution is -0.333. The number of nitrogens with one attached hydrogen (secondary N) is 8. The average Bonchev–Trinajstić information content (AvgIpc) is 0.718. The van der Waals surface area contributed by atoms with Crippen molar-refractivity contribution in [2.24, 2.45) is 53.1 Å². The van der Waals surface area contributed by atoms with Crippen molar-refractivity contribution in [3.8, 4) is 62.9 Å². The molecule has 4 saturated carbocycles. The van der Waals surface area contributed by atoms with Crippen molar-refractivity contribution < 1.29 is 131 Å². The summed E-state index contributed by atoms with van der Waals surface area (Å²) in [5.41, 5.74) is 3.35. The number of halogens is 2. The maximum absolute atomic E-state index is 17.0. The molecule has 0 aromatic heterocycles. The molecule has 0 unspecified atom stereocenters. The number of sulfonamides is 1. The number of phenols is 3. The van der Waals surface area contributed by atoms with E-state index < -0.39 is 243 Å². The van der Waals surface area contributed by atoms with Gasteiger partial charge in [-0.2, -0.15) is 0 Å². The number of hydrogen-bond acceptors (Lipinski definition) is 29. The predicted molar refractivity (Wildman–Crippen MR) is 489 cm³/mol. The highest BCUT2D eigenvalue weighted by atomic mass is 35.5. The number of fused-ring (bicyclic) bond motifs is 15. The molecule has 7 amide bonds. The predicted octanol–water partition coefficient (Wildman–Crippen LogP) is 8.54. The van der Waals surface area contributed by atoms with Gasteiger partial charge < -0.3 is 117 Å². The van der Waals surface area contributed by atoms with Crippen LogP contribution < -0.4 is 66.6 Å².